The highest BCUT2D eigenvalue weighted by Gasteiger charge is 2.51. The van der Waals surface area contributed by atoms with Crippen LogP contribution in [-0.2, 0) is 4.79 Å². The Hall–Kier alpha value is -1.05. The summed E-state index contributed by atoms with van der Waals surface area (Å²) in [6.07, 6.45) is 7.29. The van der Waals surface area contributed by atoms with E-state index in [0.717, 1.165) is 12.8 Å². The number of rotatable bonds is 4. The summed E-state index contributed by atoms with van der Waals surface area (Å²) in [6.45, 7) is 1.87. The summed E-state index contributed by atoms with van der Waals surface area (Å²) in [5.41, 5.74) is -0.508. The van der Waals surface area contributed by atoms with Crippen molar-refractivity contribution < 1.29 is 9.90 Å². The molecule has 4 nitrogen and oxygen atoms in total. The minimum Gasteiger partial charge on any atom is -0.387 e. The van der Waals surface area contributed by atoms with Crippen molar-refractivity contribution in [1.82, 2.24) is 10.2 Å². The van der Waals surface area contributed by atoms with Gasteiger partial charge in [-0.05, 0) is 18.8 Å². The second-order valence-corrected chi connectivity index (χ2v) is 4.50. The summed E-state index contributed by atoms with van der Waals surface area (Å²) in [5, 5.41) is 12.6. The van der Waals surface area contributed by atoms with Crippen LogP contribution in [0.1, 0.15) is 12.8 Å². The quantitative estimate of drug-likeness (QED) is 0.594. The monoisotopic (exact) mass is 208 g/mol. The van der Waals surface area contributed by atoms with Gasteiger partial charge >= 0.3 is 0 Å². The largest absolute Gasteiger partial charge is 0.387 e. The number of nitrogens with one attached hydrogen (secondary N) is 1. The zero-order valence-electron chi connectivity index (χ0n) is 8.70. The second kappa shape index (κ2) is 3.84. The maximum atomic E-state index is 11.3. The molecular formula is C11H16N2O2. The zero-order valence-corrected chi connectivity index (χ0v) is 8.70. The lowest BCUT2D eigenvalue weighted by Gasteiger charge is -2.46. The number of terminal acetylenes is 1. The highest BCUT2D eigenvalue weighted by molar-refractivity contribution is 5.78. The molecule has 0 spiro atoms. The van der Waals surface area contributed by atoms with Crippen molar-refractivity contribution in [3.63, 3.8) is 0 Å². The van der Waals surface area contributed by atoms with Gasteiger partial charge in [-0.15, -0.1) is 6.42 Å². The predicted molar refractivity (Wildman–Crippen MR) is 56.0 cm³/mol. The van der Waals surface area contributed by atoms with Crippen molar-refractivity contribution in [2.45, 2.75) is 18.4 Å². The van der Waals surface area contributed by atoms with Crippen molar-refractivity contribution >= 4 is 5.91 Å². The molecule has 2 rings (SSSR count). The van der Waals surface area contributed by atoms with E-state index in [1.165, 1.54) is 0 Å². The number of likely N-dealkylation sites (tertiary alicyclic amines) is 1. The molecule has 4 heteroatoms. The van der Waals surface area contributed by atoms with Gasteiger partial charge in [0.05, 0.1) is 18.7 Å². The van der Waals surface area contributed by atoms with Crippen LogP contribution in [0, 0.1) is 18.3 Å². The number of carbonyl (C=O) groups is 1. The first-order valence-corrected chi connectivity index (χ1v) is 5.29. The molecule has 0 atom stereocenters. The van der Waals surface area contributed by atoms with Gasteiger partial charge in [0.1, 0.15) is 0 Å². The van der Waals surface area contributed by atoms with Crippen molar-refractivity contribution in [1.29, 1.82) is 0 Å². The molecule has 1 saturated carbocycles. The Morgan fingerprint density at radius 3 is 2.80 bits per heavy atom. The molecule has 1 aliphatic heterocycles. The molecule has 0 aromatic heterocycles. The van der Waals surface area contributed by atoms with E-state index in [4.69, 9.17) is 6.42 Å². The summed E-state index contributed by atoms with van der Waals surface area (Å²) >= 11 is 0. The highest BCUT2D eigenvalue weighted by atomic mass is 16.3. The lowest BCUT2D eigenvalue weighted by molar-refractivity contribution is -0.136. The van der Waals surface area contributed by atoms with Crippen LogP contribution in [0.5, 0.6) is 0 Å². The van der Waals surface area contributed by atoms with E-state index in [0.29, 0.717) is 25.6 Å². The zero-order chi connectivity index (χ0) is 10.9. The minimum absolute atomic E-state index is 0.0641. The SMILES string of the molecule is C#CCNC(=O)CN1CC(O)(C2CC2)C1. The number of carbonyl (C=O) groups excluding carboxylic acids is 1. The van der Waals surface area contributed by atoms with Crippen LogP contribution in [0.25, 0.3) is 0 Å². The molecule has 0 bridgehead atoms. The molecule has 0 radical (unpaired) electrons. The lowest BCUT2D eigenvalue weighted by atomic mass is 9.89. The van der Waals surface area contributed by atoms with Crippen molar-refractivity contribution in [2.24, 2.45) is 5.92 Å². The van der Waals surface area contributed by atoms with Gasteiger partial charge in [0.2, 0.25) is 5.91 Å². The fraction of sp³-hybridized carbons (Fsp3) is 0.727. The molecule has 0 aromatic carbocycles. The first-order valence-electron chi connectivity index (χ1n) is 5.29. The number of hydrogen-bond acceptors (Lipinski definition) is 3. The Labute approximate surface area is 89.6 Å². The standard InChI is InChI=1S/C11H16N2O2/c1-2-5-12-10(14)6-13-7-11(15,8-13)9-3-4-9/h1,9,15H,3-8H2,(H,12,14). The maximum Gasteiger partial charge on any atom is 0.234 e. The Morgan fingerprint density at radius 1 is 1.60 bits per heavy atom. The van der Waals surface area contributed by atoms with Crippen LogP contribution >= 0.6 is 0 Å². The van der Waals surface area contributed by atoms with Crippen LogP contribution in [0.2, 0.25) is 0 Å². The number of amides is 1. The number of β-amino-alcohol motifs (C(OH)–C–C–N with tert-alkyl or cyclic N) is 1. The molecule has 2 N–H and O–H groups in total. The number of aliphatic hydroxyl groups is 1. The van der Waals surface area contributed by atoms with Gasteiger partial charge in [-0.2, -0.15) is 0 Å². The van der Waals surface area contributed by atoms with Crippen LogP contribution in [-0.4, -0.2) is 47.7 Å². The van der Waals surface area contributed by atoms with Gasteiger partial charge in [-0.3, -0.25) is 9.69 Å². The Balaban J connectivity index is 1.67. The molecule has 2 fully saturated rings. The highest BCUT2D eigenvalue weighted by Crippen LogP contribution is 2.44. The van der Waals surface area contributed by atoms with Gasteiger partial charge in [0, 0.05) is 13.1 Å². The van der Waals surface area contributed by atoms with Gasteiger partial charge in [-0.1, -0.05) is 5.92 Å². The molecule has 0 unspecified atom stereocenters. The maximum absolute atomic E-state index is 11.3. The van der Waals surface area contributed by atoms with Gasteiger partial charge in [-0.25, -0.2) is 0 Å². The molecule has 1 amide bonds. The van der Waals surface area contributed by atoms with Crippen LogP contribution < -0.4 is 5.32 Å². The topological polar surface area (TPSA) is 52.6 Å². The summed E-state index contributed by atoms with van der Waals surface area (Å²) < 4.78 is 0. The van der Waals surface area contributed by atoms with E-state index in [2.05, 4.69) is 11.2 Å². The van der Waals surface area contributed by atoms with E-state index in [1.54, 1.807) is 0 Å². The molecule has 82 valence electrons. The van der Waals surface area contributed by atoms with Crippen molar-refractivity contribution in [3.05, 3.63) is 0 Å². The third kappa shape index (κ3) is 2.31. The first-order chi connectivity index (χ1) is 7.14. The fourth-order valence-corrected chi connectivity index (χ4v) is 2.13. The second-order valence-electron chi connectivity index (χ2n) is 4.50. The Morgan fingerprint density at radius 2 is 2.27 bits per heavy atom. The summed E-state index contributed by atoms with van der Waals surface area (Å²) in [7, 11) is 0. The average Bonchev–Trinajstić information content (AvgIpc) is 2.95. The summed E-state index contributed by atoms with van der Waals surface area (Å²) in [5.74, 6) is 2.76. The number of nitrogens with zero attached hydrogens (tertiary/aromatic N) is 1. The van der Waals surface area contributed by atoms with Crippen molar-refractivity contribution in [3.8, 4) is 12.3 Å². The van der Waals surface area contributed by atoms with Crippen LogP contribution in [0.15, 0.2) is 0 Å². The first kappa shape index (κ1) is 10.5. The fourth-order valence-electron chi connectivity index (χ4n) is 2.13. The normalized spacial score (nSPS) is 24.0. The molecule has 1 heterocycles. The van der Waals surface area contributed by atoms with E-state index >= 15 is 0 Å². The van der Waals surface area contributed by atoms with Crippen LogP contribution in [0.3, 0.4) is 0 Å². The molecule has 1 saturated heterocycles. The molecule has 0 aromatic rings. The van der Waals surface area contributed by atoms with Crippen LogP contribution in [0.4, 0.5) is 0 Å². The molecular weight excluding hydrogens is 192 g/mol. The molecule has 2 aliphatic rings. The molecule has 15 heavy (non-hydrogen) atoms. The third-order valence-corrected chi connectivity index (χ3v) is 3.09. The van der Waals surface area contributed by atoms with Gasteiger partial charge in [0.15, 0.2) is 0 Å². The average molecular weight is 208 g/mol. The van der Waals surface area contributed by atoms with Gasteiger partial charge < -0.3 is 10.4 Å². The smallest absolute Gasteiger partial charge is 0.234 e. The Kier molecular flexibility index (Phi) is 2.68. The molecule has 1 aliphatic carbocycles. The van der Waals surface area contributed by atoms with E-state index < -0.39 is 5.60 Å². The minimum atomic E-state index is -0.508. The van der Waals surface area contributed by atoms with Crippen molar-refractivity contribution in [2.75, 3.05) is 26.2 Å². The van der Waals surface area contributed by atoms with E-state index in [1.807, 2.05) is 4.90 Å². The number of hydrogen-bond donors (Lipinski definition) is 2. The van der Waals surface area contributed by atoms with E-state index in [-0.39, 0.29) is 12.5 Å². The van der Waals surface area contributed by atoms with E-state index in [9.17, 15) is 9.90 Å². The lowest BCUT2D eigenvalue weighted by Crippen LogP contribution is -2.64. The summed E-state index contributed by atoms with van der Waals surface area (Å²) in [6, 6.07) is 0. The predicted octanol–water partition coefficient (Wildman–Crippen LogP) is -0.807. The Bertz CT molecular complexity index is 298. The third-order valence-electron chi connectivity index (χ3n) is 3.09. The summed E-state index contributed by atoms with van der Waals surface area (Å²) in [4.78, 5) is 13.2. The van der Waals surface area contributed by atoms with Gasteiger partial charge in [0.25, 0.3) is 0 Å².